The molecule has 1 aromatic rings. The number of nitro groups is 1. The molecule has 1 unspecified atom stereocenters. The van der Waals surface area contributed by atoms with Gasteiger partial charge in [-0.25, -0.2) is 0 Å². The maximum atomic E-state index is 12.1. The third-order valence-electron chi connectivity index (χ3n) is 3.96. The second-order valence-electron chi connectivity index (χ2n) is 5.41. The lowest BCUT2D eigenvalue weighted by Gasteiger charge is -2.16. The van der Waals surface area contributed by atoms with Crippen molar-refractivity contribution in [3.8, 4) is 11.5 Å². The minimum atomic E-state index is -1.62. The van der Waals surface area contributed by atoms with Gasteiger partial charge in [0.05, 0.1) is 16.6 Å². The van der Waals surface area contributed by atoms with Gasteiger partial charge in [-0.1, -0.05) is 12.8 Å². The molecule has 22 heavy (non-hydrogen) atoms. The predicted octanol–water partition coefficient (Wildman–Crippen LogP) is 1.42. The molecule has 0 spiro atoms. The van der Waals surface area contributed by atoms with Crippen molar-refractivity contribution >= 4 is 11.6 Å². The van der Waals surface area contributed by atoms with Crippen LogP contribution < -0.4 is 14.8 Å². The number of nitrogens with one attached hydrogen (secondary N) is 1. The van der Waals surface area contributed by atoms with Gasteiger partial charge in [0.25, 0.3) is 11.6 Å². The summed E-state index contributed by atoms with van der Waals surface area (Å²) in [5.74, 6) is -0.110. The van der Waals surface area contributed by atoms with E-state index in [1.807, 2.05) is 0 Å². The Kier molecular flexibility index (Phi) is 3.84. The predicted molar refractivity (Wildman–Crippen MR) is 74.6 cm³/mol. The number of amides is 1. The van der Waals surface area contributed by atoms with Crippen LogP contribution in [0.4, 0.5) is 5.69 Å². The van der Waals surface area contributed by atoms with Gasteiger partial charge in [-0.3, -0.25) is 14.9 Å². The second kappa shape index (κ2) is 5.80. The van der Waals surface area contributed by atoms with Crippen molar-refractivity contribution in [3.05, 3.63) is 27.8 Å². The number of carbonyl (C=O) groups excluding carboxylic acids is 1. The van der Waals surface area contributed by atoms with Gasteiger partial charge in [0.1, 0.15) is 0 Å². The molecule has 118 valence electrons. The normalized spacial score (nSPS) is 18.2. The number of carbonyl (C=O) groups is 1. The molecule has 1 atom stereocenters. The first-order valence-corrected chi connectivity index (χ1v) is 7.12. The minimum absolute atomic E-state index is 0.0233. The zero-order valence-electron chi connectivity index (χ0n) is 11.8. The largest absolute Gasteiger partial charge is 0.454 e. The van der Waals surface area contributed by atoms with E-state index in [1.165, 1.54) is 12.1 Å². The molecule has 0 aromatic heterocycles. The molecule has 1 heterocycles. The smallest absolute Gasteiger partial charge is 0.279 e. The summed E-state index contributed by atoms with van der Waals surface area (Å²) < 4.78 is 10.2. The van der Waals surface area contributed by atoms with E-state index in [-0.39, 0.29) is 35.6 Å². The molecule has 0 bridgehead atoms. The number of nitro benzene ring substituents is 1. The first kappa shape index (κ1) is 14.6. The van der Waals surface area contributed by atoms with Crippen LogP contribution in [0.25, 0.3) is 0 Å². The highest BCUT2D eigenvalue weighted by molar-refractivity contribution is 5.84. The lowest BCUT2D eigenvalue weighted by atomic mass is 10.0. The Balaban J connectivity index is 1.85. The molecular weight excluding hydrogens is 292 g/mol. The summed E-state index contributed by atoms with van der Waals surface area (Å²) in [5, 5.41) is 24.1. The van der Waals surface area contributed by atoms with Crippen LogP contribution in [-0.4, -0.2) is 28.8 Å². The Morgan fingerprint density at radius 1 is 1.32 bits per heavy atom. The van der Waals surface area contributed by atoms with Gasteiger partial charge in [0.2, 0.25) is 6.79 Å². The van der Waals surface area contributed by atoms with Gasteiger partial charge in [-0.05, 0) is 18.9 Å². The average Bonchev–Trinajstić information content (AvgIpc) is 3.15. The van der Waals surface area contributed by atoms with Crippen LogP contribution in [0.1, 0.15) is 37.4 Å². The van der Waals surface area contributed by atoms with Crippen molar-refractivity contribution in [2.75, 3.05) is 6.79 Å². The molecular formula is C14H16N2O6. The van der Waals surface area contributed by atoms with E-state index in [0.29, 0.717) is 0 Å². The molecule has 2 aliphatic rings. The van der Waals surface area contributed by atoms with Crippen LogP contribution in [0.2, 0.25) is 0 Å². The highest BCUT2D eigenvalue weighted by Gasteiger charge is 2.31. The molecule has 3 rings (SSSR count). The molecule has 1 aromatic carbocycles. The summed E-state index contributed by atoms with van der Waals surface area (Å²) >= 11 is 0. The number of aliphatic hydroxyl groups excluding tert-OH is 1. The van der Waals surface area contributed by atoms with E-state index in [4.69, 9.17) is 9.47 Å². The van der Waals surface area contributed by atoms with Gasteiger partial charge in [-0.15, -0.1) is 0 Å². The number of rotatable bonds is 4. The van der Waals surface area contributed by atoms with Crippen molar-refractivity contribution in [2.45, 2.75) is 37.8 Å². The molecule has 1 aliphatic heterocycles. The quantitative estimate of drug-likeness (QED) is 0.642. The summed E-state index contributed by atoms with van der Waals surface area (Å²) in [5.41, 5.74) is -0.455. The van der Waals surface area contributed by atoms with Gasteiger partial charge < -0.3 is 19.9 Å². The first-order chi connectivity index (χ1) is 10.6. The van der Waals surface area contributed by atoms with Crippen LogP contribution >= 0.6 is 0 Å². The van der Waals surface area contributed by atoms with E-state index >= 15 is 0 Å². The highest BCUT2D eigenvalue weighted by atomic mass is 16.7. The van der Waals surface area contributed by atoms with Crippen molar-refractivity contribution in [1.29, 1.82) is 0 Å². The maximum Gasteiger partial charge on any atom is 0.279 e. The van der Waals surface area contributed by atoms with Gasteiger partial charge in [0.15, 0.2) is 17.6 Å². The number of aliphatic hydroxyl groups is 1. The molecule has 1 saturated carbocycles. The van der Waals surface area contributed by atoms with Crippen LogP contribution in [-0.2, 0) is 4.79 Å². The molecule has 1 aliphatic carbocycles. The first-order valence-electron chi connectivity index (χ1n) is 7.12. The molecule has 1 fully saturated rings. The summed E-state index contributed by atoms with van der Waals surface area (Å²) in [7, 11) is 0. The van der Waals surface area contributed by atoms with Crippen molar-refractivity contribution in [3.63, 3.8) is 0 Å². The third-order valence-corrected chi connectivity index (χ3v) is 3.96. The lowest BCUT2D eigenvalue weighted by molar-refractivity contribution is -0.386. The lowest BCUT2D eigenvalue weighted by Crippen LogP contribution is -2.36. The van der Waals surface area contributed by atoms with E-state index < -0.39 is 16.9 Å². The van der Waals surface area contributed by atoms with E-state index in [9.17, 15) is 20.0 Å². The molecule has 8 heteroatoms. The molecule has 1 amide bonds. The van der Waals surface area contributed by atoms with Gasteiger partial charge >= 0.3 is 0 Å². The Bertz CT molecular complexity index is 612. The Morgan fingerprint density at radius 3 is 2.59 bits per heavy atom. The number of nitrogens with zero attached hydrogens (tertiary/aromatic N) is 1. The van der Waals surface area contributed by atoms with E-state index in [0.717, 1.165) is 25.7 Å². The van der Waals surface area contributed by atoms with Crippen LogP contribution in [0.15, 0.2) is 12.1 Å². The maximum absolute atomic E-state index is 12.1. The number of fused-ring (bicyclic) bond motifs is 1. The molecule has 0 radical (unpaired) electrons. The zero-order chi connectivity index (χ0) is 15.7. The number of hydrogen-bond acceptors (Lipinski definition) is 6. The fourth-order valence-electron chi connectivity index (χ4n) is 2.82. The number of benzene rings is 1. The molecule has 8 nitrogen and oxygen atoms in total. The Labute approximate surface area is 126 Å². The van der Waals surface area contributed by atoms with E-state index in [2.05, 4.69) is 5.32 Å². The minimum Gasteiger partial charge on any atom is -0.454 e. The van der Waals surface area contributed by atoms with Crippen molar-refractivity contribution in [2.24, 2.45) is 0 Å². The molecule has 2 N–H and O–H groups in total. The van der Waals surface area contributed by atoms with Crippen LogP contribution in [0.5, 0.6) is 11.5 Å². The zero-order valence-corrected chi connectivity index (χ0v) is 11.8. The second-order valence-corrected chi connectivity index (χ2v) is 5.41. The third kappa shape index (κ3) is 2.69. The summed E-state index contributed by atoms with van der Waals surface area (Å²) in [4.78, 5) is 22.6. The Morgan fingerprint density at radius 2 is 1.95 bits per heavy atom. The summed E-state index contributed by atoms with van der Waals surface area (Å²) in [6.45, 7) is -0.0414. The Hall–Kier alpha value is -2.35. The van der Waals surface area contributed by atoms with E-state index in [1.54, 1.807) is 0 Å². The fourth-order valence-corrected chi connectivity index (χ4v) is 2.82. The summed E-state index contributed by atoms with van der Waals surface area (Å²) in [6.07, 6.45) is 2.18. The SMILES string of the molecule is O=C(NC1CCCC1)C(O)c1cc2c(cc1[N+](=O)[O-])OCO2. The number of hydrogen-bond donors (Lipinski definition) is 2. The summed E-state index contributed by atoms with van der Waals surface area (Å²) in [6, 6.07) is 2.48. The standard InChI is InChI=1S/C14H16N2O6/c17-13(14(18)15-8-3-1-2-4-8)9-5-11-12(22-7-21-11)6-10(9)16(19)20/h5-6,8,13,17H,1-4,7H2,(H,15,18). The van der Waals surface area contributed by atoms with Gasteiger partial charge in [-0.2, -0.15) is 0 Å². The van der Waals surface area contributed by atoms with Crippen molar-refractivity contribution < 1.29 is 24.3 Å². The number of ether oxygens (including phenoxy) is 2. The van der Waals surface area contributed by atoms with Crippen LogP contribution in [0.3, 0.4) is 0 Å². The van der Waals surface area contributed by atoms with Crippen molar-refractivity contribution in [1.82, 2.24) is 5.32 Å². The molecule has 0 saturated heterocycles. The topological polar surface area (TPSA) is 111 Å². The van der Waals surface area contributed by atoms with Gasteiger partial charge in [0, 0.05) is 6.04 Å². The monoisotopic (exact) mass is 308 g/mol. The fraction of sp³-hybridized carbons (Fsp3) is 0.500. The van der Waals surface area contributed by atoms with Crippen LogP contribution in [0, 0.1) is 10.1 Å². The highest BCUT2D eigenvalue weighted by Crippen LogP contribution is 2.40. The average molecular weight is 308 g/mol.